The second kappa shape index (κ2) is 11.5. The van der Waals surface area contributed by atoms with Crippen LogP contribution in [-0.2, 0) is 20.7 Å². The van der Waals surface area contributed by atoms with Gasteiger partial charge in [-0.25, -0.2) is 19.7 Å². The summed E-state index contributed by atoms with van der Waals surface area (Å²) in [4.78, 5) is 36.5. The number of aliphatic hydroxyl groups excluding tert-OH is 1. The number of anilines is 1. The minimum absolute atomic E-state index is 0. The van der Waals surface area contributed by atoms with Gasteiger partial charge in [0.25, 0.3) is 0 Å². The summed E-state index contributed by atoms with van der Waals surface area (Å²) in [6.07, 6.45) is -1.43. The van der Waals surface area contributed by atoms with E-state index < -0.39 is 42.4 Å². The molecule has 5 atom stereocenters. The summed E-state index contributed by atoms with van der Waals surface area (Å²) < 4.78 is 12.0. The van der Waals surface area contributed by atoms with Crippen LogP contribution in [0.4, 0.5) is 5.82 Å². The molecule has 13 nitrogen and oxygen atoms in total. The van der Waals surface area contributed by atoms with Crippen molar-refractivity contribution in [3.8, 4) is 5.75 Å². The van der Waals surface area contributed by atoms with E-state index in [1.54, 1.807) is 31.4 Å². The lowest BCUT2D eigenvalue weighted by molar-refractivity contribution is -0.152. The van der Waals surface area contributed by atoms with Gasteiger partial charge in [-0.15, -0.1) is 24.8 Å². The first-order chi connectivity index (χ1) is 15.8. The highest BCUT2D eigenvalue weighted by molar-refractivity contribution is 5.86. The average molecular weight is 530 g/mol. The van der Waals surface area contributed by atoms with E-state index in [1.807, 2.05) is 0 Å². The van der Waals surface area contributed by atoms with E-state index in [0.29, 0.717) is 5.75 Å². The number of carbonyl (C=O) groups is 2. The molecule has 2 aromatic heterocycles. The number of nitrogens with two attached hydrogens (primary N) is 2. The van der Waals surface area contributed by atoms with Crippen molar-refractivity contribution in [2.75, 3.05) is 12.8 Å². The number of benzene rings is 1. The second-order valence-corrected chi connectivity index (χ2v) is 7.55. The molecule has 1 aliphatic heterocycles. The van der Waals surface area contributed by atoms with Crippen molar-refractivity contribution in [2.45, 2.75) is 36.9 Å². The summed E-state index contributed by atoms with van der Waals surface area (Å²) in [6, 6.07) is 4.77. The Morgan fingerprint density at radius 2 is 1.91 bits per heavy atom. The maximum atomic E-state index is 12.7. The molecule has 1 saturated heterocycles. The van der Waals surface area contributed by atoms with Crippen LogP contribution in [0.25, 0.3) is 11.2 Å². The predicted molar refractivity (Wildman–Crippen MR) is 128 cm³/mol. The van der Waals surface area contributed by atoms with Crippen molar-refractivity contribution < 1.29 is 29.3 Å². The lowest BCUT2D eigenvalue weighted by Crippen LogP contribution is -2.54. The van der Waals surface area contributed by atoms with Crippen molar-refractivity contribution in [3.63, 3.8) is 0 Å². The number of hydrogen-bond donors (Lipinski definition) is 5. The molecule has 5 unspecified atom stereocenters. The molecule has 35 heavy (non-hydrogen) atoms. The van der Waals surface area contributed by atoms with E-state index in [0.717, 1.165) is 5.56 Å². The molecule has 0 spiro atoms. The second-order valence-electron chi connectivity index (χ2n) is 7.55. The Hall–Kier alpha value is -3.23. The maximum absolute atomic E-state index is 12.7. The first-order valence-corrected chi connectivity index (χ1v) is 9.98. The summed E-state index contributed by atoms with van der Waals surface area (Å²) in [6.45, 7) is 0. The van der Waals surface area contributed by atoms with Gasteiger partial charge in [0.1, 0.15) is 23.7 Å². The van der Waals surface area contributed by atoms with Crippen molar-refractivity contribution >= 4 is 53.7 Å². The molecule has 0 aliphatic carbocycles. The number of aliphatic carboxylic acids is 1. The van der Waals surface area contributed by atoms with E-state index >= 15 is 0 Å². The third-order valence-corrected chi connectivity index (χ3v) is 5.44. The molecule has 0 radical (unpaired) electrons. The third kappa shape index (κ3) is 5.55. The number of ether oxygens (including phenoxy) is 2. The zero-order valence-corrected chi connectivity index (χ0v) is 20.0. The van der Waals surface area contributed by atoms with Gasteiger partial charge < -0.3 is 36.5 Å². The molecular weight excluding hydrogens is 505 g/mol. The van der Waals surface area contributed by atoms with Crippen molar-refractivity contribution in [3.05, 3.63) is 42.5 Å². The number of carboxylic acid groups (broad SMARTS) is 1. The number of aliphatic hydroxyl groups is 1. The van der Waals surface area contributed by atoms with Gasteiger partial charge in [-0.1, -0.05) is 12.1 Å². The van der Waals surface area contributed by atoms with E-state index in [9.17, 15) is 19.8 Å². The Kier molecular flexibility index (Phi) is 9.18. The van der Waals surface area contributed by atoms with Gasteiger partial charge in [0.15, 0.2) is 23.8 Å². The van der Waals surface area contributed by atoms with Crippen LogP contribution in [0, 0.1) is 0 Å². The van der Waals surface area contributed by atoms with Crippen molar-refractivity contribution in [1.29, 1.82) is 0 Å². The largest absolute Gasteiger partial charge is 0.497 e. The normalized spacial score (nSPS) is 22.0. The number of amides is 1. The van der Waals surface area contributed by atoms with Crippen LogP contribution in [0.2, 0.25) is 0 Å². The van der Waals surface area contributed by atoms with Gasteiger partial charge in [-0.2, -0.15) is 0 Å². The number of nitrogens with zero attached hydrogens (tertiary/aromatic N) is 4. The van der Waals surface area contributed by atoms with Crippen LogP contribution in [-0.4, -0.2) is 73.0 Å². The molecule has 3 aromatic rings. The molecule has 1 aromatic carbocycles. The fourth-order valence-electron chi connectivity index (χ4n) is 3.71. The zero-order chi connectivity index (χ0) is 23.7. The predicted octanol–water partition coefficient (Wildman–Crippen LogP) is -0.342. The van der Waals surface area contributed by atoms with Crippen molar-refractivity contribution in [2.24, 2.45) is 5.73 Å². The number of carboxylic acids is 1. The maximum Gasteiger partial charge on any atom is 0.335 e. The summed E-state index contributed by atoms with van der Waals surface area (Å²) in [5.74, 6) is -1.20. The smallest absolute Gasteiger partial charge is 0.335 e. The Bertz CT molecular complexity index is 1180. The molecule has 4 rings (SSSR count). The lowest BCUT2D eigenvalue weighted by Gasteiger charge is -2.22. The van der Waals surface area contributed by atoms with Gasteiger partial charge in [0, 0.05) is 0 Å². The molecule has 0 saturated carbocycles. The zero-order valence-electron chi connectivity index (χ0n) is 18.3. The van der Waals surface area contributed by atoms with Crippen LogP contribution in [0.3, 0.4) is 0 Å². The first-order valence-electron chi connectivity index (χ1n) is 9.98. The molecule has 1 aliphatic rings. The number of methoxy groups -OCH3 is 1. The highest BCUT2D eigenvalue weighted by Crippen LogP contribution is 2.32. The molecule has 15 heteroatoms. The summed E-state index contributed by atoms with van der Waals surface area (Å²) >= 11 is 0. The number of rotatable bonds is 7. The van der Waals surface area contributed by atoms with E-state index in [2.05, 4.69) is 20.3 Å². The van der Waals surface area contributed by atoms with Gasteiger partial charge in [0.2, 0.25) is 5.91 Å². The molecule has 1 fully saturated rings. The monoisotopic (exact) mass is 529 g/mol. The standard InChI is InChI=1S/C20H23N7O6.2ClH/c1-32-10-4-2-9(3-5-10)6-11(21)18(29)26-12-14(28)19(33-15(12)20(30)31)27-8-25-13-16(22)23-7-24-17(13)27;;/h2-5,7-8,11-12,14-15,19,28H,6,21H2,1H3,(H,26,29)(H,30,31)(H2,22,23,24);2*1H. The third-order valence-electron chi connectivity index (χ3n) is 5.44. The fraction of sp³-hybridized carbons (Fsp3) is 0.350. The summed E-state index contributed by atoms with van der Waals surface area (Å²) in [5.41, 5.74) is 13.1. The van der Waals surface area contributed by atoms with Crippen LogP contribution in [0.1, 0.15) is 11.8 Å². The minimum Gasteiger partial charge on any atom is -0.497 e. The molecule has 190 valence electrons. The van der Waals surface area contributed by atoms with Crippen LogP contribution >= 0.6 is 24.8 Å². The Balaban J connectivity index is 0.00000216. The van der Waals surface area contributed by atoms with Gasteiger partial charge in [0.05, 0.1) is 25.5 Å². The number of imidazole rings is 1. The van der Waals surface area contributed by atoms with Crippen molar-refractivity contribution in [1.82, 2.24) is 24.8 Å². The Morgan fingerprint density at radius 3 is 2.54 bits per heavy atom. The van der Waals surface area contributed by atoms with Crippen LogP contribution in [0.5, 0.6) is 5.75 Å². The topological polar surface area (TPSA) is 201 Å². The highest BCUT2D eigenvalue weighted by Gasteiger charge is 2.49. The Labute approximate surface area is 211 Å². The van der Waals surface area contributed by atoms with Crippen LogP contribution < -0.4 is 21.5 Å². The number of carbonyl (C=O) groups excluding carboxylic acids is 1. The summed E-state index contributed by atoms with van der Waals surface area (Å²) in [5, 5.41) is 23.0. The lowest BCUT2D eigenvalue weighted by atomic mass is 10.0. The number of aromatic nitrogens is 4. The number of halogens is 2. The SMILES string of the molecule is COc1ccc(CC(N)C(=O)NC2C(C(=O)O)OC(n3cnc4c(N)ncnc43)C2O)cc1.Cl.Cl. The minimum atomic E-state index is -1.53. The number of nitrogen functional groups attached to an aromatic ring is 1. The van der Waals surface area contributed by atoms with E-state index in [1.165, 1.54) is 17.2 Å². The number of hydrogen-bond acceptors (Lipinski definition) is 10. The average Bonchev–Trinajstić information content (AvgIpc) is 3.36. The van der Waals surface area contributed by atoms with Gasteiger partial charge in [-0.05, 0) is 24.1 Å². The Morgan fingerprint density at radius 1 is 1.23 bits per heavy atom. The summed E-state index contributed by atoms with van der Waals surface area (Å²) in [7, 11) is 1.55. The first kappa shape index (κ1) is 28.0. The van der Waals surface area contributed by atoms with E-state index in [-0.39, 0.29) is 48.2 Å². The number of nitrogens with one attached hydrogen (secondary N) is 1. The molecule has 0 bridgehead atoms. The number of fused-ring (bicyclic) bond motifs is 1. The van der Waals surface area contributed by atoms with Gasteiger partial charge >= 0.3 is 5.97 Å². The molecule has 7 N–H and O–H groups in total. The molecular formula is C20H25Cl2N7O6. The highest BCUT2D eigenvalue weighted by atomic mass is 35.5. The molecule has 3 heterocycles. The quantitative estimate of drug-likeness (QED) is 0.268. The van der Waals surface area contributed by atoms with E-state index in [4.69, 9.17) is 20.9 Å². The van der Waals surface area contributed by atoms with Crippen LogP contribution in [0.15, 0.2) is 36.9 Å². The van der Waals surface area contributed by atoms with Gasteiger partial charge in [-0.3, -0.25) is 9.36 Å². The molecule has 1 amide bonds. The fourth-order valence-corrected chi connectivity index (χ4v) is 3.71.